The van der Waals surface area contributed by atoms with Crippen molar-refractivity contribution in [1.29, 1.82) is 0 Å². The predicted octanol–water partition coefficient (Wildman–Crippen LogP) is 2.89. The van der Waals surface area contributed by atoms with Crippen molar-refractivity contribution in [1.82, 2.24) is 14.9 Å². The van der Waals surface area contributed by atoms with Gasteiger partial charge in [-0.25, -0.2) is 4.98 Å². The molecule has 28 heavy (non-hydrogen) atoms. The van der Waals surface area contributed by atoms with Gasteiger partial charge in [-0.2, -0.15) is 0 Å². The molecule has 2 fully saturated rings. The van der Waals surface area contributed by atoms with Gasteiger partial charge in [-0.1, -0.05) is 19.3 Å². The SMILES string of the molecule is Cn1c(CNC(=O)[C@@H]2CCCO2)nc2cc(NC(=O)C3CCCCC3)ccc21. The lowest BCUT2D eigenvalue weighted by Crippen LogP contribution is -2.34. The van der Waals surface area contributed by atoms with Crippen LogP contribution in [0.25, 0.3) is 11.0 Å². The second kappa shape index (κ2) is 8.31. The Morgan fingerprint density at radius 3 is 2.71 bits per heavy atom. The number of rotatable bonds is 5. The van der Waals surface area contributed by atoms with E-state index < -0.39 is 0 Å². The van der Waals surface area contributed by atoms with Gasteiger partial charge in [0, 0.05) is 25.3 Å². The topological polar surface area (TPSA) is 85.2 Å². The number of fused-ring (bicyclic) bond motifs is 1. The van der Waals surface area contributed by atoms with E-state index in [0.717, 1.165) is 61.1 Å². The van der Waals surface area contributed by atoms with E-state index in [0.29, 0.717) is 13.2 Å². The highest BCUT2D eigenvalue weighted by Gasteiger charge is 2.24. The molecule has 1 aliphatic heterocycles. The monoisotopic (exact) mass is 384 g/mol. The van der Waals surface area contributed by atoms with Crippen LogP contribution in [-0.2, 0) is 27.9 Å². The molecule has 2 aliphatic rings. The van der Waals surface area contributed by atoms with E-state index >= 15 is 0 Å². The van der Waals surface area contributed by atoms with Gasteiger partial charge in [0.25, 0.3) is 0 Å². The van der Waals surface area contributed by atoms with Crippen molar-refractivity contribution in [2.45, 2.75) is 57.6 Å². The number of nitrogens with one attached hydrogen (secondary N) is 2. The van der Waals surface area contributed by atoms with Crippen LogP contribution in [0.15, 0.2) is 18.2 Å². The number of benzene rings is 1. The van der Waals surface area contributed by atoms with Crippen molar-refractivity contribution < 1.29 is 14.3 Å². The molecule has 150 valence electrons. The van der Waals surface area contributed by atoms with Gasteiger partial charge in [-0.05, 0) is 43.9 Å². The van der Waals surface area contributed by atoms with Gasteiger partial charge in [0.2, 0.25) is 11.8 Å². The van der Waals surface area contributed by atoms with Crippen molar-refractivity contribution in [3.8, 4) is 0 Å². The molecule has 1 aliphatic carbocycles. The fraction of sp³-hybridized carbons (Fsp3) is 0.571. The number of ether oxygens (including phenoxy) is 1. The minimum absolute atomic E-state index is 0.0787. The Hall–Kier alpha value is -2.41. The number of anilines is 1. The Bertz CT molecular complexity index is 864. The highest BCUT2D eigenvalue weighted by molar-refractivity contribution is 5.94. The zero-order chi connectivity index (χ0) is 19.5. The standard InChI is InChI=1S/C21H28N4O3/c1-25-17-10-9-15(23-20(26)14-6-3-2-4-7-14)12-16(17)24-19(25)13-22-21(27)18-8-5-11-28-18/h9-10,12,14,18H,2-8,11,13H2,1H3,(H,22,27)(H,23,26)/t18-/m0/s1. The lowest BCUT2D eigenvalue weighted by molar-refractivity contribution is -0.130. The quantitative estimate of drug-likeness (QED) is 0.830. The second-order valence-corrected chi connectivity index (χ2v) is 7.83. The fourth-order valence-electron chi connectivity index (χ4n) is 4.16. The number of nitrogens with zero attached hydrogens (tertiary/aromatic N) is 2. The molecule has 0 unspecified atom stereocenters. The van der Waals surface area contributed by atoms with Crippen molar-refractivity contribution in [3.63, 3.8) is 0 Å². The third kappa shape index (κ3) is 4.04. The number of carbonyl (C=O) groups is 2. The Morgan fingerprint density at radius 2 is 1.96 bits per heavy atom. The van der Waals surface area contributed by atoms with Crippen LogP contribution in [0.2, 0.25) is 0 Å². The molecule has 2 N–H and O–H groups in total. The molecule has 0 spiro atoms. The van der Waals surface area contributed by atoms with Crippen LogP contribution in [0.1, 0.15) is 50.8 Å². The Labute approximate surface area is 164 Å². The molecule has 7 nitrogen and oxygen atoms in total. The molecule has 1 saturated heterocycles. The maximum atomic E-state index is 12.5. The minimum Gasteiger partial charge on any atom is -0.368 e. The first-order chi connectivity index (χ1) is 13.6. The van der Waals surface area contributed by atoms with E-state index in [4.69, 9.17) is 4.74 Å². The molecule has 1 aromatic carbocycles. The van der Waals surface area contributed by atoms with Crippen LogP contribution in [0.3, 0.4) is 0 Å². The summed E-state index contributed by atoms with van der Waals surface area (Å²) in [5.74, 6) is 0.929. The molecular formula is C21H28N4O3. The van der Waals surface area contributed by atoms with Gasteiger partial charge in [0.1, 0.15) is 11.9 Å². The summed E-state index contributed by atoms with van der Waals surface area (Å²) in [6.45, 7) is 1.01. The van der Waals surface area contributed by atoms with Crippen LogP contribution in [0.5, 0.6) is 0 Å². The number of carbonyl (C=O) groups excluding carboxylic acids is 2. The van der Waals surface area contributed by atoms with Crippen LogP contribution in [-0.4, -0.2) is 34.1 Å². The highest BCUT2D eigenvalue weighted by atomic mass is 16.5. The number of aromatic nitrogens is 2. The first kappa shape index (κ1) is 18.9. The van der Waals surface area contributed by atoms with Gasteiger partial charge >= 0.3 is 0 Å². The largest absolute Gasteiger partial charge is 0.368 e. The number of amides is 2. The zero-order valence-electron chi connectivity index (χ0n) is 16.4. The van der Waals surface area contributed by atoms with Crippen molar-refractivity contribution in [2.24, 2.45) is 13.0 Å². The minimum atomic E-state index is -0.337. The van der Waals surface area contributed by atoms with Crippen LogP contribution in [0, 0.1) is 5.92 Å². The van der Waals surface area contributed by atoms with Gasteiger partial charge in [-0.3, -0.25) is 9.59 Å². The van der Waals surface area contributed by atoms with E-state index in [2.05, 4.69) is 15.6 Å². The van der Waals surface area contributed by atoms with Crippen molar-refractivity contribution in [3.05, 3.63) is 24.0 Å². The Kier molecular flexibility index (Phi) is 5.62. The lowest BCUT2D eigenvalue weighted by Gasteiger charge is -2.20. The molecule has 2 amide bonds. The zero-order valence-corrected chi connectivity index (χ0v) is 16.4. The molecule has 1 saturated carbocycles. The third-order valence-electron chi connectivity index (χ3n) is 5.86. The van der Waals surface area contributed by atoms with E-state index in [1.165, 1.54) is 6.42 Å². The summed E-state index contributed by atoms with van der Waals surface area (Å²) in [5, 5.41) is 5.96. The van der Waals surface area contributed by atoms with E-state index in [9.17, 15) is 9.59 Å². The summed E-state index contributed by atoms with van der Waals surface area (Å²) in [7, 11) is 1.93. The number of aryl methyl sites for hydroxylation is 1. The first-order valence-electron chi connectivity index (χ1n) is 10.3. The molecule has 7 heteroatoms. The Balaban J connectivity index is 1.42. The summed E-state index contributed by atoms with van der Waals surface area (Å²) in [5.41, 5.74) is 2.55. The van der Waals surface area contributed by atoms with Gasteiger partial charge in [-0.15, -0.1) is 0 Å². The maximum absolute atomic E-state index is 12.5. The second-order valence-electron chi connectivity index (χ2n) is 7.83. The molecule has 1 aromatic heterocycles. The molecule has 2 aromatic rings. The molecule has 2 heterocycles. The molecule has 0 radical (unpaired) electrons. The Morgan fingerprint density at radius 1 is 1.14 bits per heavy atom. The molecule has 0 bridgehead atoms. The normalized spacial score (nSPS) is 20.4. The van der Waals surface area contributed by atoms with Gasteiger partial charge in [0.05, 0.1) is 17.6 Å². The first-order valence-corrected chi connectivity index (χ1v) is 10.3. The van der Waals surface area contributed by atoms with E-state index in [1.807, 2.05) is 29.8 Å². The predicted molar refractivity (Wildman–Crippen MR) is 107 cm³/mol. The van der Waals surface area contributed by atoms with Crippen LogP contribution >= 0.6 is 0 Å². The number of imidazole rings is 1. The number of hydrogen-bond donors (Lipinski definition) is 2. The summed E-state index contributed by atoms with van der Waals surface area (Å²) in [4.78, 5) is 29.3. The lowest BCUT2D eigenvalue weighted by atomic mass is 9.88. The average Bonchev–Trinajstić information content (AvgIpc) is 3.35. The summed E-state index contributed by atoms with van der Waals surface area (Å²) in [6, 6.07) is 5.78. The van der Waals surface area contributed by atoms with Gasteiger partial charge < -0.3 is 19.9 Å². The maximum Gasteiger partial charge on any atom is 0.249 e. The summed E-state index contributed by atoms with van der Waals surface area (Å²) in [6.07, 6.45) is 6.83. The van der Waals surface area contributed by atoms with E-state index in [-0.39, 0.29) is 23.8 Å². The summed E-state index contributed by atoms with van der Waals surface area (Å²) >= 11 is 0. The number of hydrogen-bond acceptors (Lipinski definition) is 4. The average molecular weight is 384 g/mol. The molecule has 1 atom stereocenters. The van der Waals surface area contributed by atoms with Crippen molar-refractivity contribution >= 4 is 28.5 Å². The van der Waals surface area contributed by atoms with E-state index in [1.54, 1.807) is 0 Å². The highest BCUT2D eigenvalue weighted by Crippen LogP contribution is 2.26. The van der Waals surface area contributed by atoms with Gasteiger partial charge in [0.15, 0.2) is 0 Å². The van der Waals surface area contributed by atoms with Crippen LogP contribution in [0.4, 0.5) is 5.69 Å². The molecule has 4 rings (SSSR count). The van der Waals surface area contributed by atoms with Crippen molar-refractivity contribution in [2.75, 3.05) is 11.9 Å². The van der Waals surface area contributed by atoms with Crippen LogP contribution < -0.4 is 10.6 Å². The third-order valence-corrected chi connectivity index (χ3v) is 5.86. The fourth-order valence-corrected chi connectivity index (χ4v) is 4.16. The smallest absolute Gasteiger partial charge is 0.249 e. The molecular weight excluding hydrogens is 356 g/mol. The summed E-state index contributed by atoms with van der Waals surface area (Å²) < 4.78 is 7.39.